The molecular weight excluding hydrogens is 213 g/mol. The van der Waals surface area contributed by atoms with Gasteiger partial charge in [0.1, 0.15) is 0 Å². The lowest BCUT2D eigenvalue weighted by molar-refractivity contribution is -0.137. The summed E-state index contributed by atoms with van der Waals surface area (Å²) in [7, 11) is 0. The molecule has 7 heteroatoms. The second kappa shape index (κ2) is 4.18. The van der Waals surface area contributed by atoms with Gasteiger partial charge in [0.2, 0.25) is 0 Å². The Balaban J connectivity index is 2.77. The Bertz CT molecular complexity index is 348. The summed E-state index contributed by atoms with van der Waals surface area (Å²) in [5, 5.41) is 2.12. The van der Waals surface area contributed by atoms with E-state index in [1.165, 1.54) is 0 Å². The summed E-state index contributed by atoms with van der Waals surface area (Å²) < 4.78 is 36.3. The van der Waals surface area contributed by atoms with Crippen molar-refractivity contribution in [3.63, 3.8) is 0 Å². The van der Waals surface area contributed by atoms with Gasteiger partial charge in [-0.15, -0.1) is 0 Å². The van der Waals surface area contributed by atoms with E-state index in [2.05, 4.69) is 16.1 Å². The molecule has 4 nitrogen and oxygen atoms in total. The van der Waals surface area contributed by atoms with Gasteiger partial charge in [0.25, 0.3) is 0 Å². The van der Waals surface area contributed by atoms with Crippen molar-refractivity contribution in [3.8, 4) is 0 Å². The van der Waals surface area contributed by atoms with Crippen LogP contribution in [0.3, 0.4) is 0 Å². The molecule has 0 aliphatic carbocycles. The van der Waals surface area contributed by atoms with Crippen LogP contribution in [0.1, 0.15) is 5.56 Å². The Hall–Kier alpha value is -1.76. The van der Waals surface area contributed by atoms with E-state index < -0.39 is 17.8 Å². The molecule has 0 aliphatic rings. The maximum atomic E-state index is 12.1. The zero-order valence-corrected chi connectivity index (χ0v) is 7.34. The normalized spacial score (nSPS) is 10.9. The molecule has 0 fully saturated rings. The fourth-order valence-corrected chi connectivity index (χ4v) is 0.890. The third kappa shape index (κ3) is 3.13. The Morgan fingerprint density at radius 3 is 2.20 bits per heavy atom. The quantitative estimate of drug-likeness (QED) is 0.712. The van der Waals surface area contributed by atoms with Crippen LogP contribution in [0.4, 0.5) is 23.7 Å². The zero-order chi connectivity index (χ0) is 11.5. The van der Waals surface area contributed by atoms with Gasteiger partial charge in [0.15, 0.2) is 0 Å². The molecule has 0 aliphatic heterocycles. The number of benzene rings is 1. The maximum absolute atomic E-state index is 12.1. The summed E-state index contributed by atoms with van der Waals surface area (Å²) in [6.45, 7) is 0. The molecule has 15 heavy (non-hydrogen) atoms. The van der Waals surface area contributed by atoms with E-state index in [0.717, 1.165) is 24.3 Å². The largest absolute Gasteiger partial charge is 0.430 e. The fourth-order valence-electron chi connectivity index (χ4n) is 0.890. The lowest BCUT2D eigenvalue weighted by Crippen LogP contribution is -2.17. The number of rotatable bonds is 1. The number of anilines is 1. The standard InChI is InChI=1S/C8H7F3N2O2/c9-8(10,11)5-1-3-6(4-2-5)13-7(14)15-12/h1-4H,12H2,(H,13,14). The van der Waals surface area contributed by atoms with Crippen molar-refractivity contribution >= 4 is 11.8 Å². The maximum Gasteiger partial charge on any atom is 0.430 e. The first-order valence-electron chi connectivity index (χ1n) is 3.78. The number of hydrogen-bond acceptors (Lipinski definition) is 3. The van der Waals surface area contributed by atoms with Crippen LogP contribution in [0.2, 0.25) is 0 Å². The molecule has 82 valence electrons. The molecule has 1 aromatic rings. The van der Waals surface area contributed by atoms with Crippen molar-refractivity contribution in [2.75, 3.05) is 5.32 Å². The van der Waals surface area contributed by atoms with Crippen molar-refractivity contribution in [2.45, 2.75) is 6.18 Å². The predicted octanol–water partition coefficient (Wildman–Crippen LogP) is 2.13. The van der Waals surface area contributed by atoms with Crippen LogP contribution in [0.5, 0.6) is 0 Å². The number of halogens is 3. The van der Waals surface area contributed by atoms with Crippen LogP contribution < -0.4 is 11.2 Å². The highest BCUT2D eigenvalue weighted by molar-refractivity contribution is 5.84. The highest BCUT2D eigenvalue weighted by atomic mass is 19.4. The van der Waals surface area contributed by atoms with E-state index in [-0.39, 0.29) is 5.69 Å². The molecule has 1 aromatic carbocycles. The van der Waals surface area contributed by atoms with Crippen molar-refractivity contribution in [2.24, 2.45) is 5.90 Å². The first-order chi connectivity index (χ1) is 6.93. The SMILES string of the molecule is NOC(=O)Nc1ccc(C(F)(F)F)cc1. The molecule has 1 amide bonds. The van der Waals surface area contributed by atoms with Crippen molar-refractivity contribution in [1.82, 2.24) is 0 Å². The number of nitrogens with one attached hydrogen (secondary N) is 1. The summed E-state index contributed by atoms with van der Waals surface area (Å²) in [4.78, 5) is 14.4. The van der Waals surface area contributed by atoms with Crippen LogP contribution >= 0.6 is 0 Å². The van der Waals surface area contributed by atoms with Crippen molar-refractivity contribution in [3.05, 3.63) is 29.8 Å². The molecule has 0 aromatic heterocycles. The molecule has 0 unspecified atom stereocenters. The average molecular weight is 220 g/mol. The first kappa shape index (κ1) is 11.3. The number of amides is 1. The monoisotopic (exact) mass is 220 g/mol. The lowest BCUT2D eigenvalue weighted by atomic mass is 10.2. The van der Waals surface area contributed by atoms with E-state index in [1.807, 2.05) is 0 Å². The zero-order valence-electron chi connectivity index (χ0n) is 7.34. The Morgan fingerprint density at radius 2 is 1.80 bits per heavy atom. The van der Waals surface area contributed by atoms with E-state index in [4.69, 9.17) is 0 Å². The first-order valence-corrected chi connectivity index (χ1v) is 3.78. The van der Waals surface area contributed by atoms with E-state index >= 15 is 0 Å². The minimum Gasteiger partial charge on any atom is -0.357 e. The van der Waals surface area contributed by atoms with Gasteiger partial charge >= 0.3 is 12.3 Å². The van der Waals surface area contributed by atoms with Crippen LogP contribution in [-0.2, 0) is 11.0 Å². The van der Waals surface area contributed by atoms with Crippen LogP contribution in [0.15, 0.2) is 24.3 Å². The summed E-state index contributed by atoms with van der Waals surface area (Å²) >= 11 is 0. The van der Waals surface area contributed by atoms with Crippen molar-refractivity contribution in [1.29, 1.82) is 0 Å². The lowest BCUT2D eigenvalue weighted by Gasteiger charge is -2.07. The summed E-state index contributed by atoms with van der Waals surface area (Å²) in [6, 6.07) is 3.87. The van der Waals surface area contributed by atoms with Crippen LogP contribution in [0.25, 0.3) is 0 Å². The highest BCUT2D eigenvalue weighted by Crippen LogP contribution is 2.29. The molecule has 0 heterocycles. The van der Waals surface area contributed by atoms with Gasteiger partial charge in [-0.2, -0.15) is 19.1 Å². The topological polar surface area (TPSA) is 64.3 Å². The number of nitrogens with two attached hydrogens (primary N) is 1. The number of alkyl halides is 3. The van der Waals surface area contributed by atoms with Crippen LogP contribution in [0, 0.1) is 0 Å². The summed E-state index contributed by atoms with van der Waals surface area (Å²) in [6.07, 6.45) is -5.35. The van der Waals surface area contributed by atoms with Gasteiger partial charge in [-0.1, -0.05) is 0 Å². The molecule has 0 radical (unpaired) electrons. The smallest absolute Gasteiger partial charge is 0.357 e. The second-order valence-electron chi connectivity index (χ2n) is 2.61. The second-order valence-corrected chi connectivity index (χ2v) is 2.61. The Morgan fingerprint density at radius 1 is 1.27 bits per heavy atom. The Kier molecular flexibility index (Phi) is 3.15. The van der Waals surface area contributed by atoms with Gasteiger partial charge in [0.05, 0.1) is 5.56 Å². The van der Waals surface area contributed by atoms with E-state index in [1.54, 1.807) is 0 Å². The minimum atomic E-state index is -4.40. The molecule has 0 saturated heterocycles. The van der Waals surface area contributed by atoms with Gasteiger partial charge in [0, 0.05) is 5.69 Å². The predicted molar refractivity (Wildman–Crippen MR) is 45.7 cm³/mol. The number of hydrogen-bond donors (Lipinski definition) is 2. The molecular formula is C8H7F3N2O2. The van der Waals surface area contributed by atoms with E-state index in [9.17, 15) is 18.0 Å². The van der Waals surface area contributed by atoms with Gasteiger partial charge < -0.3 is 4.84 Å². The molecule has 0 spiro atoms. The molecule has 0 atom stereocenters. The minimum absolute atomic E-state index is 0.165. The van der Waals surface area contributed by atoms with Gasteiger partial charge in [-0.05, 0) is 24.3 Å². The molecule has 0 bridgehead atoms. The van der Waals surface area contributed by atoms with Crippen LogP contribution in [-0.4, -0.2) is 6.09 Å². The Labute approximate surface area is 82.8 Å². The summed E-state index contributed by atoms with van der Waals surface area (Å²) in [5.41, 5.74) is -0.632. The number of carbonyl (C=O) groups excluding carboxylic acids is 1. The van der Waals surface area contributed by atoms with E-state index in [0.29, 0.717) is 0 Å². The third-order valence-electron chi connectivity index (χ3n) is 1.57. The third-order valence-corrected chi connectivity index (χ3v) is 1.57. The highest BCUT2D eigenvalue weighted by Gasteiger charge is 2.29. The van der Waals surface area contributed by atoms with Gasteiger partial charge in [-0.3, -0.25) is 5.32 Å². The summed E-state index contributed by atoms with van der Waals surface area (Å²) in [5.74, 6) is 4.53. The average Bonchev–Trinajstić information content (AvgIpc) is 2.17. The van der Waals surface area contributed by atoms with Crippen molar-refractivity contribution < 1.29 is 22.8 Å². The molecule has 0 saturated carbocycles. The molecule has 3 N–H and O–H groups in total. The molecule has 1 rings (SSSR count). The fraction of sp³-hybridized carbons (Fsp3) is 0.125. The number of carbonyl (C=O) groups is 1. The van der Waals surface area contributed by atoms with Gasteiger partial charge in [-0.25, -0.2) is 4.79 Å².